The van der Waals surface area contributed by atoms with Crippen molar-refractivity contribution in [3.05, 3.63) is 102 Å². The number of aliphatic hydroxyl groups excluding tert-OH is 1. The number of aromatic hydroxyl groups is 1. The van der Waals surface area contributed by atoms with Crippen molar-refractivity contribution in [3.8, 4) is 5.75 Å². The summed E-state index contributed by atoms with van der Waals surface area (Å²) in [6.07, 6.45) is 2.53. The van der Waals surface area contributed by atoms with Gasteiger partial charge < -0.3 is 84.7 Å². The molecule has 3 heterocycles. The molecule has 2 aliphatic rings. The third-order valence-electron chi connectivity index (χ3n) is 15.0. The molecule has 0 bridgehead atoms. The number of para-hydroxylation sites is 1. The maximum atomic E-state index is 14.6. The first-order valence-electron chi connectivity index (χ1n) is 29.2. The number of aromatic amines is 1. The molecule has 0 unspecified atom stereocenters. The van der Waals surface area contributed by atoms with Crippen molar-refractivity contribution in [1.82, 2.24) is 63.1 Å². The smallest absolute Gasteiger partial charge is 0.245 e. The summed E-state index contributed by atoms with van der Waals surface area (Å²) in [5.74, 6) is -8.96. The number of hydrogen-bond acceptors (Lipinski definition) is 14. The lowest BCUT2D eigenvalue weighted by Crippen LogP contribution is -2.64. The van der Waals surface area contributed by atoms with Crippen LogP contribution >= 0.6 is 0 Å². The molecule has 6 rings (SSSR count). The maximum Gasteiger partial charge on any atom is 0.245 e. The number of nitrogens with one attached hydrogen (secondary N) is 12. The number of phenols is 1. The number of nitrogens with zero attached hydrogens (tertiary/aromatic N) is 1. The maximum absolute atomic E-state index is 14.6. The summed E-state index contributed by atoms with van der Waals surface area (Å²) in [5, 5.41) is 55.4. The van der Waals surface area contributed by atoms with Gasteiger partial charge in [0.25, 0.3) is 0 Å². The van der Waals surface area contributed by atoms with Gasteiger partial charge in [0.2, 0.25) is 65.0 Å². The van der Waals surface area contributed by atoms with E-state index in [1.807, 2.05) is 6.07 Å². The standard InChI is InChI=1S/C60H81N15O13/c1-33(2)26-42(51(81)68-41(16-10-24-64-59(62)63)57(87)75-25-11-17-47(75)56(86)66-31-48(61)78)73-58(88)60(3,4)74-55(85)44(28-35-18-20-37(77)21-19-35)70-54(84)46(32-76)72-53(83)45(29-36-30-65-39-15-9-8-14-38(36)39)71-52(82)43(27-34-12-6-5-7-13-34)69-50(80)40-22-23-49(79)67-40/h5-9,12-15,18-21,30,33,40-47,65,76-77H,10-11,16-17,22-29,31-32H2,1-4H3,(H2,61,78)(H,66,86)(H,67,79)(H,68,81)(H,69,80)(H,70,84)(H,71,82)(H,72,83)(H,73,88)(H,74,85)(H4,62,63,64)/t40-,41-,42-,43+,44-,45-,46-,47-/m0/s1. The fourth-order valence-electron chi connectivity index (χ4n) is 10.3. The number of phenolic OH excluding ortho intramolecular Hbond substituents is 1. The van der Waals surface area contributed by atoms with E-state index in [1.54, 1.807) is 68.6 Å². The summed E-state index contributed by atoms with van der Waals surface area (Å²) in [4.78, 5) is 155. The summed E-state index contributed by atoms with van der Waals surface area (Å²) >= 11 is 0. The second kappa shape index (κ2) is 31.7. The summed E-state index contributed by atoms with van der Waals surface area (Å²) in [7, 11) is 0. The summed E-state index contributed by atoms with van der Waals surface area (Å²) in [5.41, 5.74) is 11.2. The highest BCUT2D eigenvalue weighted by Crippen LogP contribution is 2.22. The first-order valence-corrected chi connectivity index (χ1v) is 29.2. The van der Waals surface area contributed by atoms with E-state index < -0.39 is 126 Å². The predicted octanol–water partition coefficient (Wildman–Crippen LogP) is -2.12. The highest BCUT2D eigenvalue weighted by molar-refractivity contribution is 6.00. The zero-order chi connectivity index (χ0) is 64.2. The molecule has 88 heavy (non-hydrogen) atoms. The average Bonchev–Trinajstić information content (AvgIpc) is 4.49. The zero-order valence-electron chi connectivity index (χ0n) is 49.7. The van der Waals surface area contributed by atoms with Gasteiger partial charge in [-0.15, -0.1) is 0 Å². The van der Waals surface area contributed by atoms with Gasteiger partial charge in [-0.05, 0) is 93.2 Å². The molecule has 0 spiro atoms. The van der Waals surface area contributed by atoms with Gasteiger partial charge in [-0.1, -0.05) is 74.5 Å². The summed E-state index contributed by atoms with van der Waals surface area (Å²) in [6.45, 7) is 5.11. The fourth-order valence-corrected chi connectivity index (χ4v) is 10.3. The molecule has 1 aromatic heterocycles. The normalized spacial score (nSPS) is 16.8. The molecule has 2 aliphatic heterocycles. The lowest BCUT2D eigenvalue weighted by atomic mass is 9.98. The van der Waals surface area contributed by atoms with Crippen LogP contribution in [0.5, 0.6) is 5.75 Å². The number of guanidine groups is 1. The minimum atomic E-state index is -1.85. The molecule has 4 aromatic rings. The van der Waals surface area contributed by atoms with Gasteiger partial charge >= 0.3 is 0 Å². The number of aromatic nitrogens is 1. The Balaban J connectivity index is 1.20. The molecule has 28 heteroatoms. The lowest BCUT2D eigenvalue weighted by Gasteiger charge is -2.32. The highest BCUT2D eigenvalue weighted by atomic mass is 16.3. The van der Waals surface area contributed by atoms with Crippen LogP contribution in [0.4, 0.5) is 0 Å². The first kappa shape index (κ1) is 67.5. The number of carbonyl (C=O) groups excluding carboxylic acids is 11. The Hall–Kier alpha value is -9.60. The SMILES string of the molecule is CC(C)C[C@H](NC(=O)C(C)(C)NC(=O)[C@H](Cc1ccc(O)cc1)NC(=O)[C@H](CO)NC(=O)[C@H](Cc1c[nH]c2ccccc12)NC(=O)[C@@H](Cc1ccccc1)NC(=O)[C@@H]1CCC(=O)N1)C(=O)N[C@@H](CCCNC(=N)N)C(=O)N1CCC[C@H]1C(=O)NCC(N)=O. The van der Waals surface area contributed by atoms with Gasteiger partial charge in [-0.2, -0.15) is 0 Å². The first-order chi connectivity index (χ1) is 41.8. The van der Waals surface area contributed by atoms with Crippen LogP contribution in [0.25, 0.3) is 10.9 Å². The van der Waals surface area contributed by atoms with Crippen LogP contribution < -0.4 is 64.6 Å². The Morgan fingerprint density at radius 3 is 1.91 bits per heavy atom. The molecule has 18 N–H and O–H groups in total. The van der Waals surface area contributed by atoms with Gasteiger partial charge in [-0.25, -0.2) is 0 Å². The van der Waals surface area contributed by atoms with E-state index in [2.05, 4.69) is 58.2 Å². The van der Waals surface area contributed by atoms with Crippen LogP contribution in [0.15, 0.2) is 85.1 Å². The quantitative estimate of drug-likeness (QED) is 0.0146. The fraction of sp³-hybridized carbons (Fsp3) is 0.467. The molecule has 11 amide bonds. The number of carbonyl (C=O) groups is 11. The Morgan fingerprint density at radius 2 is 1.28 bits per heavy atom. The molecular weight excluding hydrogens is 1140 g/mol. The van der Waals surface area contributed by atoms with E-state index in [-0.39, 0.29) is 94.4 Å². The van der Waals surface area contributed by atoms with Crippen molar-refractivity contribution in [1.29, 1.82) is 5.41 Å². The monoisotopic (exact) mass is 1220 g/mol. The number of fused-ring (bicyclic) bond motifs is 1. The van der Waals surface area contributed by atoms with Crippen LogP contribution in [-0.2, 0) is 72.0 Å². The van der Waals surface area contributed by atoms with Crippen molar-refractivity contribution in [2.24, 2.45) is 17.4 Å². The number of nitrogens with two attached hydrogens (primary N) is 2. The number of amides is 11. The molecule has 2 saturated heterocycles. The number of aliphatic hydroxyl groups is 1. The van der Waals surface area contributed by atoms with Crippen LogP contribution in [0.3, 0.4) is 0 Å². The second-order valence-corrected chi connectivity index (χ2v) is 22.9. The van der Waals surface area contributed by atoms with E-state index in [0.29, 0.717) is 34.0 Å². The largest absolute Gasteiger partial charge is 0.508 e. The topological polar surface area (TPSA) is 443 Å². The van der Waals surface area contributed by atoms with E-state index in [0.717, 1.165) is 0 Å². The zero-order valence-corrected chi connectivity index (χ0v) is 49.7. The van der Waals surface area contributed by atoms with Crippen LogP contribution in [-0.4, -0.2) is 171 Å². The van der Waals surface area contributed by atoms with Gasteiger partial charge in [-0.3, -0.25) is 58.1 Å². The second-order valence-electron chi connectivity index (χ2n) is 22.9. The molecule has 474 valence electrons. The number of H-pyrrole nitrogens is 1. The third kappa shape index (κ3) is 19.7. The molecule has 8 atom stereocenters. The Bertz CT molecular complexity index is 3170. The minimum absolute atomic E-state index is 0.0125. The number of benzene rings is 3. The number of primary amides is 1. The summed E-state index contributed by atoms with van der Waals surface area (Å²) < 4.78 is 0. The molecular formula is C60H81N15O13. The molecule has 2 fully saturated rings. The number of rotatable bonds is 31. The van der Waals surface area contributed by atoms with Gasteiger partial charge in [0.1, 0.15) is 59.6 Å². The molecule has 0 aliphatic carbocycles. The summed E-state index contributed by atoms with van der Waals surface area (Å²) in [6, 6.07) is 11.2. The number of hydrogen-bond donors (Lipinski definition) is 16. The van der Waals surface area contributed by atoms with Crippen LogP contribution in [0.1, 0.15) is 89.3 Å². The molecule has 0 radical (unpaired) electrons. The van der Waals surface area contributed by atoms with E-state index in [4.69, 9.17) is 16.9 Å². The minimum Gasteiger partial charge on any atom is -0.508 e. The van der Waals surface area contributed by atoms with Gasteiger partial charge in [0, 0.05) is 55.9 Å². The third-order valence-corrected chi connectivity index (χ3v) is 15.0. The van der Waals surface area contributed by atoms with Crippen molar-refractivity contribution in [2.45, 2.75) is 146 Å². The average molecular weight is 1220 g/mol. The Kier molecular flexibility index (Phi) is 24.3. The van der Waals surface area contributed by atoms with E-state index >= 15 is 0 Å². The lowest BCUT2D eigenvalue weighted by molar-refractivity contribution is -0.142. The van der Waals surface area contributed by atoms with Gasteiger partial charge in [0.15, 0.2) is 5.96 Å². The Morgan fingerprint density at radius 1 is 0.693 bits per heavy atom. The van der Waals surface area contributed by atoms with Crippen molar-refractivity contribution < 1.29 is 63.0 Å². The van der Waals surface area contributed by atoms with Crippen molar-refractivity contribution >= 4 is 81.8 Å². The molecule has 3 aromatic carbocycles. The van der Waals surface area contributed by atoms with Crippen LogP contribution in [0.2, 0.25) is 0 Å². The highest BCUT2D eigenvalue weighted by Gasteiger charge is 2.41. The van der Waals surface area contributed by atoms with Crippen LogP contribution in [0, 0.1) is 11.3 Å². The van der Waals surface area contributed by atoms with Crippen molar-refractivity contribution in [2.75, 3.05) is 26.2 Å². The van der Waals surface area contributed by atoms with E-state index in [9.17, 15) is 63.0 Å². The van der Waals surface area contributed by atoms with E-state index in [1.165, 1.54) is 43.0 Å². The molecule has 0 saturated carbocycles. The van der Waals surface area contributed by atoms with Gasteiger partial charge in [0.05, 0.1) is 13.2 Å². The predicted molar refractivity (Wildman–Crippen MR) is 322 cm³/mol. The van der Waals surface area contributed by atoms with Crippen molar-refractivity contribution in [3.63, 3.8) is 0 Å². The molecule has 28 nitrogen and oxygen atoms in total. The Labute approximate surface area is 508 Å². The number of likely N-dealkylation sites (tertiary alicyclic amines) is 1.